The van der Waals surface area contributed by atoms with E-state index in [4.69, 9.17) is 10.5 Å². The second-order valence-electron chi connectivity index (χ2n) is 5.44. The summed E-state index contributed by atoms with van der Waals surface area (Å²) in [6.45, 7) is 6.31. The predicted molar refractivity (Wildman–Crippen MR) is 73.4 cm³/mol. The zero-order valence-corrected chi connectivity index (χ0v) is 11.5. The first-order chi connectivity index (χ1) is 8.40. The third kappa shape index (κ3) is 5.82. The fraction of sp³-hybridized carbons (Fsp3) is 0.533. The van der Waals surface area contributed by atoms with Crippen LogP contribution in [0, 0.1) is 0 Å². The van der Waals surface area contributed by atoms with Crippen molar-refractivity contribution in [2.45, 2.75) is 45.6 Å². The minimum atomic E-state index is -0.401. The van der Waals surface area contributed by atoms with Gasteiger partial charge < -0.3 is 10.5 Å². The Bertz CT molecular complexity index is 376. The van der Waals surface area contributed by atoms with Crippen molar-refractivity contribution in [3.05, 3.63) is 35.4 Å². The summed E-state index contributed by atoms with van der Waals surface area (Å²) in [5, 5.41) is 0. The summed E-state index contributed by atoms with van der Waals surface area (Å²) >= 11 is 0. The van der Waals surface area contributed by atoms with Crippen LogP contribution in [0.1, 0.15) is 38.3 Å². The fourth-order valence-electron chi connectivity index (χ4n) is 1.68. The SMILES string of the molecule is CC(C)(C)OC(=O)CCc1ccc(CCN)cc1. The van der Waals surface area contributed by atoms with Gasteiger partial charge in [0, 0.05) is 6.42 Å². The number of benzene rings is 1. The monoisotopic (exact) mass is 249 g/mol. The van der Waals surface area contributed by atoms with Gasteiger partial charge in [-0.25, -0.2) is 0 Å². The van der Waals surface area contributed by atoms with Crippen LogP contribution in [0.2, 0.25) is 0 Å². The lowest BCUT2D eigenvalue weighted by Crippen LogP contribution is -2.24. The molecule has 0 amide bonds. The van der Waals surface area contributed by atoms with Crippen molar-refractivity contribution in [1.82, 2.24) is 0 Å². The van der Waals surface area contributed by atoms with E-state index in [9.17, 15) is 4.79 Å². The van der Waals surface area contributed by atoms with E-state index in [0.717, 1.165) is 18.4 Å². The maximum absolute atomic E-state index is 11.6. The molecule has 0 atom stereocenters. The van der Waals surface area contributed by atoms with Gasteiger partial charge in [0.2, 0.25) is 0 Å². The van der Waals surface area contributed by atoms with Crippen LogP contribution in [0.4, 0.5) is 0 Å². The summed E-state index contributed by atoms with van der Waals surface area (Å²) in [5.41, 5.74) is 7.48. The Morgan fingerprint density at radius 1 is 1.11 bits per heavy atom. The average Bonchev–Trinajstić information content (AvgIpc) is 2.26. The molecule has 0 spiro atoms. The molecule has 0 radical (unpaired) electrons. The number of ether oxygens (including phenoxy) is 1. The Morgan fingerprint density at radius 3 is 2.06 bits per heavy atom. The van der Waals surface area contributed by atoms with Gasteiger partial charge >= 0.3 is 5.97 Å². The van der Waals surface area contributed by atoms with Gasteiger partial charge in [-0.05, 0) is 51.3 Å². The maximum atomic E-state index is 11.6. The number of carbonyl (C=O) groups excluding carboxylic acids is 1. The first kappa shape index (κ1) is 14.7. The lowest BCUT2D eigenvalue weighted by atomic mass is 10.1. The highest BCUT2D eigenvalue weighted by Crippen LogP contribution is 2.11. The van der Waals surface area contributed by atoms with Gasteiger partial charge in [0.25, 0.3) is 0 Å². The van der Waals surface area contributed by atoms with Crippen molar-refractivity contribution in [3.63, 3.8) is 0 Å². The van der Waals surface area contributed by atoms with Gasteiger partial charge in [-0.3, -0.25) is 4.79 Å². The number of hydrogen-bond donors (Lipinski definition) is 1. The Morgan fingerprint density at radius 2 is 1.61 bits per heavy atom. The van der Waals surface area contributed by atoms with Crippen LogP contribution in [0.3, 0.4) is 0 Å². The minimum Gasteiger partial charge on any atom is -0.460 e. The Hall–Kier alpha value is -1.35. The first-order valence-electron chi connectivity index (χ1n) is 6.40. The highest BCUT2D eigenvalue weighted by atomic mass is 16.6. The van der Waals surface area contributed by atoms with Gasteiger partial charge in [-0.1, -0.05) is 24.3 Å². The van der Waals surface area contributed by atoms with E-state index < -0.39 is 5.60 Å². The molecule has 0 aliphatic heterocycles. The van der Waals surface area contributed by atoms with Crippen molar-refractivity contribution < 1.29 is 9.53 Å². The number of nitrogens with two attached hydrogens (primary N) is 1. The third-order valence-electron chi connectivity index (χ3n) is 2.49. The molecule has 2 N–H and O–H groups in total. The molecule has 0 saturated carbocycles. The quantitative estimate of drug-likeness (QED) is 0.816. The van der Waals surface area contributed by atoms with Crippen LogP contribution >= 0.6 is 0 Å². The van der Waals surface area contributed by atoms with E-state index >= 15 is 0 Å². The number of aryl methyl sites for hydroxylation is 1. The van der Waals surface area contributed by atoms with E-state index in [0.29, 0.717) is 13.0 Å². The molecule has 3 heteroatoms. The van der Waals surface area contributed by atoms with Gasteiger partial charge in [-0.15, -0.1) is 0 Å². The molecule has 0 unspecified atom stereocenters. The molecule has 0 bridgehead atoms. The standard InChI is InChI=1S/C15H23NO2/c1-15(2,3)18-14(17)9-8-12-4-6-13(7-5-12)10-11-16/h4-7H,8-11,16H2,1-3H3. The van der Waals surface area contributed by atoms with E-state index in [2.05, 4.69) is 24.3 Å². The van der Waals surface area contributed by atoms with E-state index in [-0.39, 0.29) is 5.97 Å². The number of carbonyl (C=O) groups is 1. The third-order valence-corrected chi connectivity index (χ3v) is 2.49. The lowest BCUT2D eigenvalue weighted by Gasteiger charge is -2.19. The van der Waals surface area contributed by atoms with Crippen molar-refractivity contribution in [2.24, 2.45) is 5.73 Å². The number of rotatable bonds is 5. The average molecular weight is 249 g/mol. The van der Waals surface area contributed by atoms with E-state index in [1.165, 1.54) is 5.56 Å². The summed E-state index contributed by atoms with van der Waals surface area (Å²) in [5.74, 6) is -0.145. The summed E-state index contributed by atoms with van der Waals surface area (Å²) in [6, 6.07) is 8.24. The fourth-order valence-corrected chi connectivity index (χ4v) is 1.68. The number of hydrogen-bond acceptors (Lipinski definition) is 3. The maximum Gasteiger partial charge on any atom is 0.306 e. The molecular formula is C15H23NO2. The highest BCUT2D eigenvalue weighted by molar-refractivity contribution is 5.70. The smallest absolute Gasteiger partial charge is 0.306 e. The molecule has 1 aromatic carbocycles. The largest absolute Gasteiger partial charge is 0.460 e. The van der Waals surface area contributed by atoms with Gasteiger partial charge in [0.05, 0.1) is 0 Å². The zero-order valence-electron chi connectivity index (χ0n) is 11.5. The summed E-state index contributed by atoms with van der Waals surface area (Å²) in [4.78, 5) is 11.6. The van der Waals surface area contributed by atoms with Gasteiger partial charge in [-0.2, -0.15) is 0 Å². The summed E-state index contributed by atoms with van der Waals surface area (Å²) in [7, 11) is 0. The van der Waals surface area contributed by atoms with E-state index in [1.54, 1.807) is 0 Å². The normalized spacial score (nSPS) is 11.3. The molecule has 0 saturated heterocycles. The minimum absolute atomic E-state index is 0.145. The van der Waals surface area contributed by atoms with Crippen molar-refractivity contribution in [1.29, 1.82) is 0 Å². The van der Waals surface area contributed by atoms with Crippen molar-refractivity contribution in [2.75, 3.05) is 6.54 Å². The highest BCUT2D eigenvalue weighted by Gasteiger charge is 2.15. The molecule has 0 aliphatic carbocycles. The molecular weight excluding hydrogens is 226 g/mol. The Kier molecular flexibility index (Phi) is 5.35. The lowest BCUT2D eigenvalue weighted by molar-refractivity contribution is -0.154. The molecule has 0 fully saturated rings. The number of esters is 1. The van der Waals surface area contributed by atoms with E-state index in [1.807, 2.05) is 20.8 Å². The molecule has 0 heterocycles. The molecule has 18 heavy (non-hydrogen) atoms. The zero-order chi connectivity index (χ0) is 13.6. The molecule has 0 aromatic heterocycles. The summed E-state index contributed by atoms with van der Waals surface area (Å²) in [6.07, 6.45) is 2.04. The van der Waals surface area contributed by atoms with Crippen LogP contribution in [0.25, 0.3) is 0 Å². The predicted octanol–water partition coefficient (Wildman–Crippen LogP) is 2.46. The van der Waals surface area contributed by atoms with Crippen molar-refractivity contribution in [3.8, 4) is 0 Å². The molecule has 1 aromatic rings. The topological polar surface area (TPSA) is 52.3 Å². The van der Waals surface area contributed by atoms with Crippen molar-refractivity contribution >= 4 is 5.97 Å². The van der Waals surface area contributed by atoms with Crippen LogP contribution in [-0.4, -0.2) is 18.1 Å². The Balaban J connectivity index is 2.41. The first-order valence-corrected chi connectivity index (χ1v) is 6.40. The van der Waals surface area contributed by atoms with Gasteiger partial charge in [0.1, 0.15) is 5.60 Å². The second-order valence-corrected chi connectivity index (χ2v) is 5.44. The van der Waals surface area contributed by atoms with Crippen LogP contribution < -0.4 is 5.73 Å². The van der Waals surface area contributed by atoms with Crippen LogP contribution in [0.5, 0.6) is 0 Å². The molecule has 1 rings (SSSR count). The van der Waals surface area contributed by atoms with Crippen LogP contribution in [-0.2, 0) is 22.4 Å². The molecule has 3 nitrogen and oxygen atoms in total. The second kappa shape index (κ2) is 6.55. The molecule has 100 valence electrons. The Labute approximate surface area is 109 Å². The summed E-state index contributed by atoms with van der Waals surface area (Å²) < 4.78 is 5.27. The van der Waals surface area contributed by atoms with Gasteiger partial charge in [0.15, 0.2) is 0 Å². The van der Waals surface area contributed by atoms with Crippen LogP contribution in [0.15, 0.2) is 24.3 Å². The molecule has 0 aliphatic rings.